The van der Waals surface area contributed by atoms with Crippen molar-refractivity contribution in [3.05, 3.63) is 46.1 Å². The molecule has 0 unspecified atom stereocenters. The van der Waals surface area contributed by atoms with Gasteiger partial charge < -0.3 is 9.62 Å². The van der Waals surface area contributed by atoms with Crippen molar-refractivity contribution in [1.29, 1.82) is 0 Å². The Morgan fingerprint density at radius 2 is 1.81 bits per heavy atom. The third-order valence-corrected chi connectivity index (χ3v) is 2.40. The van der Waals surface area contributed by atoms with Crippen LogP contribution in [-0.4, -0.2) is 11.4 Å². The van der Waals surface area contributed by atoms with Gasteiger partial charge in [-0.3, -0.25) is 0 Å². The van der Waals surface area contributed by atoms with Crippen molar-refractivity contribution < 1.29 is 9.62 Å². The molecule has 0 radical (unpaired) electrons. The first-order valence-corrected chi connectivity index (χ1v) is 5.18. The normalized spacial score (nSPS) is 11.1. The van der Waals surface area contributed by atoms with Crippen molar-refractivity contribution in [2.75, 3.05) is 0 Å². The molecular weight excluding hydrogens is 249 g/mol. The van der Waals surface area contributed by atoms with E-state index >= 15 is 0 Å². The number of hydrogen-bond acceptors (Lipinski definition) is 3. The molecule has 1 N–H and O–H groups in total. The molecule has 2 rings (SSSR count). The van der Waals surface area contributed by atoms with Gasteiger partial charge in [-0.25, -0.2) is 0 Å². The van der Waals surface area contributed by atoms with Crippen LogP contribution in [0.2, 0.25) is 10.0 Å². The van der Waals surface area contributed by atoms with Gasteiger partial charge in [0.2, 0.25) is 0 Å². The molecule has 1 aromatic heterocycles. The fourth-order valence-electron chi connectivity index (χ4n) is 1.33. The molecule has 1 heterocycles. The highest BCUT2D eigenvalue weighted by Crippen LogP contribution is 2.28. The van der Waals surface area contributed by atoms with Crippen LogP contribution in [0, 0.1) is 0 Å². The first-order chi connectivity index (χ1) is 7.69. The molecule has 0 amide bonds. The summed E-state index contributed by atoms with van der Waals surface area (Å²) in [5, 5.41) is 12.3. The minimum atomic E-state index is 0.452. The Morgan fingerprint density at radius 1 is 1.12 bits per heavy atom. The van der Waals surface area contributed by atoms with Gasteiger partial charge >= 0.3 is 0 Å². The second kappa shape index (κ2) is 4.60. The Bertz CT molecular complexity index is 514. The van der Waals surface area contributed by atoms with Gasteiger partial charge in [-0.2, -0.15) is 0 Å². The van der Waals surface area contributed by atoms with Crippen LogP contribution in [0.25, 0.3) is 11.3 Å². The van der Waals surface area contributed by atoms with Crippen LogP contribution in [0.5, 0.6) is 0 Å². The van der Waals surface area contributed by atoms with Gasteiger partial charge in [0.25, 0.3) is 0 Å². The molecule has 0 aliphatic rings. The summed E-state index contributed by atoms with van der Waals surface area (Å²) in [6, 6.07) is 8.56. The molecule has 0 saturated heterocycles. The van der Waals surface area contributed by atoms with Gasteiger partial charge in [0.15, 0.2) is 0 Å². The fourth-order valence-corrected chi connectivity index (χ4v) is 1.86. The molecule has 0 aliphatic carbocycles. The lowest BCUT2D eigenvalue weighted by Crippen LogP contribution is -1.76. The first-order valence-electron chi connectivity index (χ1n) is 4.43. The highest BCUT2D eigenvalue weighted by atomic mass is 35.5. The van der Waals surface area contributed by atoms with Gasteiger partial charge in [-0.15, -0.1) is 0 Å². The maximum atomic E-state index is 8.35. The second-order valence-electron chi connectivity index (χ2n) is 3.10. The van der Waals surface area contributed by atoms with Crippen LogP contribution < -0.4 is 0 Å². The standard InChI is InChI=1S/C11H7Cl2NO2/c12-8-3-7(4-9(13)5-8)11-2-1-10(16-11)6-14-15/h1-6,15H/b14-6+. The number of furan rings is 1. The molecule has 1 aromatic carbocycles. The number of oxime groups is 1. The maximum absolute atomic E-state index is 8.35. The summed E-state index contributed by atoms with van der Waals surface area (Å²) in [6.07, 6.45) is 1.20. The molecule has 3 nitrogen and oxygen atoms in total. The average Bonchev–Trinajstić information content (AvgIpc) is 2.65. The zero-order chi connectivity index (χ0) is 11.5. The summed E-state index contributed by atoms with van der Waals surface area (Å²) < 4.78 is 5.39. The van der Waals surface area contributed by atoms with Crippen LogP contribution in [-0.2, 0) is 0 Å². The summed E-state index contributed by atoms with van der Waals surface area (Å²) in [5.41, 5.74) is 0.773. The first kappa shape index (κ1) is 11.0. The van der Waals surface area contributed by atoms with Crippen molar-refractivity contribution in [3.8, 4) is 11.3 Å². The van der Waals surface area contributed by atoms with Crippen LogP contribution >= 0.6 is 23.2 Å². The molecule has 0 bridgehead atoms. The lowest BCUT2D eigenvalue weighted by atomic mass is 10.2. The Morgan fingerprint density at radius 3 is 2.44 bits per heavy atom. The Kier molecular flexibility index (Phi) is 3.17. The average molecular weight is 256 g/mol. The smallest absolute Gasteiger partial charge is 0.149 e. The lowest BCUT2D eigenvalue weighted by molar-refractivity contribution is 0.321. The van der Waals surface area contributed by atoms with Crippen LogP contribution in [0.15, 0.2) is 39.9 Å². The summed E-state index contributed by atoms with van der Waals surface area (Å²) >= 11 is 11.8. The number of hydrogen-bond donors (Lipinski definition) is 1. The molecule has 16 heavy (non-hydrogen) atoms. The number of nitrogens with zero attached hydrogens (tertiary/aromatic N) is 1. The topological polar surface area (TPSA) is 45.7 Å². The van der Waals surface area contributed by atoms with Crippen molar-refractivity contribution in [2.24, 2.45) is 5.16 Å². The molecule has 2 aromatic rings. The van der Waals surface area contributed by atoms with Crippen LogP contribution in [0.1, 0.15) is 5.76 Å². The highest BCUT2D eigenvalue weighted by molar-refractivity contribution is 6.35. The predicted octanol–water partition coefficient (Wildman–Crippen LogP) is 4.06. The molecule has 0 aliphatic heterocycles. The number of halogens is 2. The van der Waals surface area contributed by atoms with E-state index in [9.17, 15) is 0 Å². The van der Waals surface area contributed by atoms with Crippen molar-refractivity contribution in [3.63, 3.8) is 0 Å². The molecule has 0 saturated carbocycles. The molecule has 0 fully saturated rings. The van der Waals surface area contributed by atoms with E-state index in [0.717, 1.165) is 5.56 Å². The van der Waals surface area contributed by atoms with E-state index in [4.69, 9.17) is 32.8 Å². The van der Waals surface area contributed by atoms with Crippen molar-refractivity contribution >= 4 is 29.4 Å². The van der Waals surface area contributed by atoms with E-state index in [-0.39, 0.29) is 0 Å². The van der Waals surface area contributed by atoms with Gasteiger partial charge in [0.1, 0.15) is 17.7 Å². The number of rotatable bonds is 2. The summed E-state index contributed by atoms with van der Waals surface area (Å²) in [4.78, 5) is 0. The van der Waals surface area contributed by atoms with Crippen LogP contribution in [0.3, 0.4) is 0 Å². The largest absolute Gasteiger partial charge is 0.455 e. The summed E-state index contributed by atoms with van der Waals surface area (Å²) in [5.74, 6) is 1.06. The van der Waals surface area contributed by atoms with E-state index in [0.29, 0.717) is 21.6 Å². The molecular formula is C11H7Cl2NO2. The highest BCUT2D eigenvalue weighted by Gasteiger charge is 2.05. The lowest BCUT2D eigenvalue weighted by Gasteiger charge is -1.99. The zero-order valence-electron chi connectivity index (χ0n) is 8.02. The van der Waals surface area contributed by atoms with Gasteiger partial charge in [-0.05, 0) is 30.3 Å². The van der Waals surface area contributed by atoms with E-state index in [1.54, 1.807) is 30.3 Å². The Hall–Kier alpha value is -1.45. The quantitative estimate of drug-likeness (QED) is 0.500. The third kappa shape index (κ3) is 2.38. The van der Waals surface area contributed by atoms with E-state index in [1.807, 2.05) is 0 Å². The van der Waals surface area contributed by atoms with Gasteiger partial charge in [-0.1, -0.05) is 28.4 Å². The fraction of sp³-hybridized carbons (Fsp3) is 0. The molecule has 0 atom stereocenters. The number of benzene rings is 1. The minimum Gasteiger partial charge on any atom is -0.455 e. The monoisotopic (exact) mass is 255 g/mol. The van der Waals surface area contributed by atoms with Gasteiger partial charge in [0.05, 0.1) is 0 Å². The Balaban J connectivity index is 2.42. The zero-order valence-corrected chi connectivity index (χ0v) is 9.53. The van der Waals surface area contributed by atoms with E-state index < -0.39 is 0 Å². The molecule has 0 spiro atoms. The maximum Gasteiger partial charge on any atom is 0.149 e. The molecule has 5 heteroatoms. The third-order valence-electron chi connectivity index (χ3n) is 1.96. The van der Waals surface area contributed by atoms with Crippen molar-refractivity contribution in [2.45, 2.75) is 0 Å². The predicted molar refractivity (Wildman–Crippen MR) is 63.5 cm³/mol. The van der Waals surface area contributed by atoms with E-state index in [1.165, 1.54) is 6.21 Å². The van der Waals surface area contributed by atoms with E-state index in [2.05, 4.69) is 5.16 Å². The Labute approximate surface area is 102 Å². The second-order valence-corrected chi connectivity index (χ2v) is 3.98. The SMILES string of the molecule is O/N=C/c1ccc(-c2cc(Cl)cc(Cl)c2)o1. The minimum absolute atomic E-state index is 0.452. The van der Waals surface area contributed by atoms with Crippen LogP contribution in [0.4, 0.5) is 0 Å². The molecule has 82 valence electrons. The summed E-state index contributed by atoms with van der Waals surface area (Å²) in [7, 11) is 0. The van der Waals surface area contributed by atoms with Crippen molar-refractivity contribution in [1.82, 2.24) is 0 Å². The summed E-state index contributed by atoms with van der Waals surface area (Å²) in [6.45, 7) is 0. The van der Waals surface area contributed by atoms with Gasteiger partial charge in [0, 0.05) is 15.6 Å².